The van der Waals surface area contributed by atoms with Gasteiger partial charge < -0.3 is 14.2 Å². The van der Waals surface area contributed by atoms with Crippen molar-refractivity contribution in [3.63, 3.8) is 0 Å². The minimum Gasteiger partial charge on any atom is -0.462 e. The summed E-state index contributed by atoms with van der Waals surface area (Å²) in [6, 6.07) is 0. The van der Waals surface area contributed by atoms with Gasteiger partial charge in [0.15, 0.2) is 0 Å². The zero-order valence-electron chi connectivity index (χ0n) is 15.2. The van der Waals surface area contributed by atoms with E-state index in [0.29, 0.717) is 5.57 Å². The van der Waals surface area contributed by atoms with Gasteiger partial charge in [-0.15, -0.1) is 0 Å². The number of fused-ring (bicyclic) bond motifs is 1. The van der Waals surface area contributed by atoms with E-state index in [9.17, 15) is 14.4 Å². The third-order valence-corrected chi connectivity index (χ3v) is 6.37. The number of carbonyl (C=O) groups excluding carboxylic acids is 3. The highest BCUT2D eigenvalue weighted by atomic mass is 16.6. The van der Waals surface area contributed by atoms with E-state index in [1.54, 1.807) is 6.92 Å². The van der Waals surface area contributed by atoms with Crippen molar-refractivity contribution >= 4 is 17.9 Å². The van der Waals surface area contributed by atoms with Crippen LogP contribution >= 0.6 is 0 Å². The topological polar surface area (TPSA) is 78.9 Å². The van der Waals surface area contributed by atoms with Crippen LogP contribution in [-0.2, 0) is 28.6 Å². The molecule has 0 aromatic carbocycles. The fraction of sp³-hybridized carbons (Fsp3) is 0.737. The van der Waals surface area contributed by atoms with Crippen LogP contribution in [0.4, 0.5) is 0 Å². The third-order valence-electron chi connectivity index (χ3n) is 6.37. The zero-order chi connectivity index (χ0) is 18.5. The van der Waals surface area contributed by atoms with E-state index < -0.39 is 17.3 Å². The second kappa shape index (κ2) is 6.15. The molecule has 3 rings (SSSR count). The number of carbonyl (C=O) groups is 3. The molecule has 0 N–H and O–H groups in total. The molecule has 2 saturated carbocycles. The first-order valence-electron chi connectivity index (χ1n) is 8.93. The van der Waals surface area contributed by atoms with Gasteiger partial charge in [0.1, 0.15) is 19.3 Å². The predicted octanol–water partition coefficient (Wildman–Crippen LogP) is 2.12. The van der Waals surface area contributed by atoms with Gasteiger partial charge in [-0.3, -0.25) is 9.59 Å². The highest BCUT2D eigenvalue weighted by Crippen LogP contribution is 2.68. The van der Waals surface area contributed by atoms with E-state index in [1.165, 1.54) is 0 Å². The summed E-state index contributed by atoms with van der Waals surface area (Å²) in [4.78, 5) is 36.9. The van der Waals surface area contributed by atoms with E-state index >= 15 is 0 Å². The fourth-order valence-corrected chi connectivity index (χ4v) is 5.39. The van der Waals surface area contributed by atoms with E-state index in [2.05, 4.69) is 13.5 Å². The summed E-state index contributed by atoms with van der Waals surface area (Å²) in [5.41, 5.74) is -0.543. The Morgan fingerprint density at radius 2 is 1.96 bits per heavy atom. The summed E-state index contributed by atoms with van der Waals surface area (Å²) in [6.45, 7) is 11.0. The van der Waals surface area contributed by atoms with Gasteiger partial charge in [0.25, 0.3) is 0 Å². The van der Waals surface area contributed by atoms with Crippen LogP contribution in [0.15, 0.2) is 12.2 Å². The Bertz CT molecular complexity index is 623. The molecule has 6 nitrogen and oxygen atoms in total. The number of esters is 3. The number of rotatable bonds is 6. The van der Waals surface area contributed by atoms with Crippen LogP contribution in [0.3, 0.4) is 0 Å². The molecule has 2 aliphatic carbocycles. The molecular formula is C19H26O6. The lowest BCUT2D eigenvalue weighted by Gasteiger charge is -2.43. The van der Waals surface area contributed by atoms with Crippen LogP contribution in [0.2, 0.25) is 0 Å². The summed E-state index contributed by atoms with van der Waals surface area (Å²) in [5.74, 6) is -1.23. The average Bonchev–Trinajstić information content (AvgIpc) is 3.13. The Morgan fingerprint density at radius 1 is 1.32 bits per heavy atom. The molecule has 2 bridgehead atoms. The van der Waals surface area contributed by atoms with Crippen molar-refractivity contribution in [2.45, 2.75) is 40.2 Å². The van der Waals surface area contributed by atoms with Gasteiger partial charge in [0.2, 0.25) is 0 Å². The quantitative estimate of drug-likeness (QED) is 0.316. The van der Waals surface area contributed by atoms with Gasteiger partial charge in [-0.1, -0.05) is 27.4 Å². The maximum atomic E-state index is 13.1. The molecule has 6 unspecified atom stereocenters. The first kappa shape index (κ1) is 18.0. The molecule has 0 spiro atoms. The van der Waals surface area contributed by atoms with Gasteiger partial charge in [-0.05, 0) is 31.1 Å². The molecule has 1 saturated heterocycles. The first-order chi connectivity index (χ1) is 11.7. The molecule has 25 heavy (non-hydrogen) atoms. The Morgan fingerprint density at radius 3 is 2.56 bits per heavy atom. The smallest absolute Gasteiger partial charge is 0.333 e. The molecule has 0 aromatic heterocycles. The summed E-state index contributed by atoms with van der Waals surface area (Å²) >= 11 is 0. The van der Waals surface area contributed by atoms with Crippen molar-refractivity contribution in [3.8, 4) is 0 Å². The molecule has 1 heterocycles. The lowest BCUT2D eigenvalue weighted by molar-refractivity contribution is -0.173. The largest absolute Gasteiger partial charge is 0.462 e. The van der Waals surface area contributed by atoms with Crippen LogP contribution in [0.25, 0.3) is 0 Å². The van der Waals surface area contributed by atoms with Gasteiger partial charge in [0.05, 0.1) is 11.3 Å². The molecule has 0 amide bonds. The van der Waals surface area contributed by atoms with Crippen molar-refractivity contribution in [1.82, 2.24) is 0 Å². The standard InChI is InChI=1S/C19H26O6/c1-9(2)16(20)23-6-7-24-18(22)19(10(3)4)13-8-12-14(19)17(21)25-15(12)11(13)5/h10-15H,1,6-8H2,2-5H3. The van der Waals surface area contributed by atoms with Crippen LogP contribution < -0.4 is 0 Å². The second-order valence-electron chi connectivity index (χ2n) is 7.88. The monoisotopic (exact) mass is 350 g/mol. The van der Waals surface area contributed by atoms with Gasteiger partial charge in [0, 0.05) is 11.5 Å². The van der Waals surface area contributed by atoms with Crippen LogP contribution in [0.5, 0.6) is 0 Å². The number of hydrogen-bond donors (Lipinski definition) is 0. The van der Waals surface area contributed by atoms with E-state index in [-0.39, 0.29) is 54.9 Å². The SMILES string of the molecule is C=C(C)C(=O)OCCOC(=O)C1(C(C)C)C2CC3C(OC(=O)C31)C2C. The molecule has 3 fully saturated rings. The Labute approximate surface area is 147 Å². The molecule has 6 heteroatoms. The predicted molar refractivity (Wildman–Crippen MR) is 88.1 cm³/mol. The number of hydrogen-bond acceptors (Lipinski definition) is 6. The van der Waals surface area contributed by atoms with E-state index in [0.717, 1.165) is 6.42 Å². The van der Waals surface area contributed by atoms with Crippen molar-refractivity contribution in [2.75, 3.05) is 13.2 Å². The zero-order valence-corrected chi connectivity index (χ0v) is 15.2. The van der Waals surface area contributed by atoms with E-state index in [4.69, 9.17) is 14.2 Å². The summed E-state index contributed by atoms with van der Waals surface area (Å²) < 4.78 is 16.0. The molecular weight excluding hydrogens is 324 g/mol. The molecule has 6 atom stereocenters. The maximum absolute atomic E-state index is 13.1. The Balaban J connectivity index is 1.73. The highest BCUT2D eigenvalue weighted by molar-refractivity contribution is 5.89. The molecule has 138 valence electrons. The molecule has 3 aliphatic rings. The van der Waals surface area contributed by atoms with Crippen LogP contribution in [0, 0.1) is 35.0 Å². The summed E-state index contributed by atoms with van der Waals surface area (Å²) in [5, 5.41) is 0. The van der Waals surface area contributed by atoms with Gasteiger partial charge in [-0.25, -0.2) is 4.79 Å². The number of ether oxygens (including phenoxy) is 3. The van der Waals surface area contributed by atoms with Gasteiger partial charge >= 0.3 is 17.9 Å². The minimum atomic E-state index is -0.841. The normalized spacial score (nSPS) is 38.0. The molecule has 0 aromatic rings. The summed E-state index contributed by atoms with van der Waals surface area (Å²) in [6.07, 6.45) is 0.777. The van der Waals surface area contributed by atoms with Crippen molar-refractivity contribution in [1.29, 1.82) is 0 Å². The lowest BCUT2D eigenvalue weighted by atomic mass is 9.58. The Hall–Kier alpha value is -1.85. The molecule has 1 aliphatic heterocycles. The lowest BCUT2D eigenvalue weighted by Crippen LogP contribution is -2.52. The minimum absolute atomic E-state index is 0.0208. The van der Waals surface area contributed by atoms with Crippen molar-refractivity contribution < 1.29 is 28.6 Å². The van der Waals surface area contributed by atoms with E-state index in [1.807, 2.05) is 13.8 Å². The average molecular weight is 350 g/mol. The highest BCUT2D eigenvalue weighted by Gasteiger charge is 2.75. The van der Waals surface area contributed by atoms with Crippen LogP contribution in [0.1, 0.15) is 34.1 Å². The van der Waals surface area contributed by atoms with Crippen molar-refractivity contribution in [2.24, 2.45) is 35.0 Å². The fourth-order valence-electron chi connectivity index (χ4n) is 5.39. The summed E-state index contributed by atoms with van der Waals surface area (Å²) in [7, 11) is 0. The first-order valence-corrected chi connectivity index (χ1v) is 8.93. The Kier molecular flexibility index (Phi) is 4.41. The maximum Gasteiger partial charge on any atom is 0.333 e. The van der Waals surface area contributed by atoms with Crippen molar-refractivity contribution in [3.05, 3.63) is 12.2 Å². The van der Waals surface area contributed by atoms with Gasteiger partial charge in [-0.2, -0.15) is 0 Å². The van der Waals surface area contributed by atoms with Crippen LogP contribution in [-0.4, -0.2) is 37.2 Å². The third kappa shape index (κ3) is 2.41. The molecule has 0 radical (unpaired) electrons. The second-order valence-corrected chi connectivity index (χ2v) is 7.88.